The van der Waals surface area contributed by atoms with Gasteiger partial charge in [-0.05, 0) is 37.5 Å². The van der Waals surface area contributed by atoms with Crippen molar-refractivity contribution in [2.24, 2.45) is 0 Å². The van der Waals surface area contributed by atoms with E-state index in [2.05, 4.69) is 26.1 Å². The fourth-order valence-electron chi connectivity index (χ4n) is 2.01. The van der Waals surface area contributed by atoms with Crippen LogP contribution in [0.3, 0.4) is 0 Å². The van der Waals surface area contributed by atoms with Gasteiger partial charge in [0.2, 0.25) is 0 Å². The molecule has 0 spiro atoms. The molecule has 4 heteroatoms. The van der Waals surface area contributed by atoms with Crippen molar-refractivity contribution in [3.63, 3.8) is 0 Å². The number of hydrogen-bond donors (Lipinski definition) is 3. The van der Waals surface area contributed by atoms with Crippen LogP contribution in [0.25, 0.3) is 0 Å². The molecule has 100 valence electrons. The van der Waals surface area contributed by atoms with Gasteiger partial charge in [-0.1, -0.05) is 20.8 Å². The van der Waals surface area contributed by atoms with Crippen LogP contribution in [-0.2, 0) is 0 Å². The number of nitrogens with one attached hydrogen (secondary N) is 1. The summed E-state index contributed by atoms with van der Waals surface area (Å²) in [5.41, 5.74) is 6.05. The Morgan fingerprint density at radius 2 is 1.83 bits per heavy atom. The summed E-state index contributed by atoms with van der Waals surface area (Å²) in [5, 5.41) is 12.6. The molecule has 1 aromatic carbocycles. The number of nitrogen functional groups attached to an aromatic ring is 1. The van der Waals surface area contributed by atoms with E-state index in [-0.39, 0.29) is 22.9 Å². The van der Waals surface area contributed by atoms with E-state index >= 15 is 0 Å². The number of anilines is 1. The first-order valence-corrected chi connectivity index (χ1v) is 6.39. The first kappa shape index (κ1) is 14.4. The van der Waals surface area contributed by atoms with Crippen molar-refractivity contribution in [2.45, 2.75) is 45.6 Å². The van der Waals surface area contributed by atoms with Crippen LogP contribution in [-0.4, -0.2) is 16.6 Å². The number of rotatable bonds is 5. The van der Waals surface area contributed by atoms with Crippen LogP contribution in [0.5, 0.6) is 5.75 Å². The molecule has 0 saturated carbocycles. The van der Waals surface area contributed by atoms with Gasteiger partial charge in [0.25, 0.3) is 5.91 Å². The lowest BCUT2D eigenvalue weighted by molar-refractivity contribution is 0.0888. The van der Waals surface area contributed by atoms with E-state index in [1.165, 1.54) is 12.1 Å². The SMILES string of the molecule is CCC(CC)(CC)NC(=O)c1ccc(N)c(O)c1. The minimum Gasteiger partial charge on any atom is -0.506 e. The van der Waals surface area contributed by atoms with E-state index < -0.39 is 0 Å². The largest absolute Gasteiger partial charge is 0.506 e. The minimum absolute atomic E-state index is 0.0576. The summed E-state index contributed by atoms with van der Waals surface area (Å²) in [6.45, 7) is 6.19. The Hall–Kier alpha value is -1.71. The number of carbonyl (C=O) groups excluding carboxylic acids is 1. The molecule has 0 heterocycles. The molecule has 0 fully saturated rings. The lowest BCUT2D eigenvalue weighted by Gasteiger charge is -2.31. The Kier molecular flexibility index (Phi) is 4.59. The molecule has 1 aromatic rings. The second-order valence-corrected chi connectivity index (χ2v) is 4.57. The molecule has 0 atom stereocenters. The molecule has 0 saturated heterocycles. The number of hydrogen-bond acceptors (Lipinski definition) is 3. The zero-order valence-electron chi connectivity index (χ0n) is 11.3. The van der Waals surface area contributed by atoms with Gasteiger partial charge in [-0.25, -0.2) is 0 Å². The van der Waals surface area contributed by atoms with Crippen LogP contribution < -0.4 is 11.1 Å². The summed E-state index contributed by atoms with van der Waals surface area (Å²) in [6, 6.07) is 4.56. The topological polar surface area (TPSA) is 75.4 Å². The van der Waals surface area contributed by atoms with E-state index in [1.807, 2.05) is 0 Å². The minimum atomic E-state index is -0.173. The highest BCUT2D eigenvalue weighted by Crippen LogP contribution is 2.23. The highest BCUT2D eigenvalue weighted by Gasteiger charge is 2.26. The van der Waals surface area contributed by atoms with E-state index in [0.29, 0.717) is 5.56 Å². The predicted molar refractivity (Wildman–Crippen MR) is 73.6 cm³/mol. The van der Waals surface area contributed by atoms with Gasteiger partial charge in [-0.15, -0.1) is 0 Å². The average Bonchev–Trinajstić information content (AvgIpc) is 2.39. The number of benzene rings is 1. The van der Waals surface area contributed by atoms with Crippen molar-refractivity contribution in [3.8, 4) is 5.75 Å². The maximum atomic E-state index is 12.1. The van der Waals surface area contributed by atoms with Crippen molar-refractivity contribution in [2.75, 3.05) is 5.73 Å². The van der Waals surface area contributed by atoms with Gasteiger partial charge >= 0.3 is 0 Å². The Bertz CT molecular complexity index is 418. The molecule has 0 radical (unpaired) electrons. The molecule has 0 bridgehead atoms. The van der Waals surface area contributed by atoms with Crippen molar-refractivity contribution < 1.29 is 9.90 Å². The van der Waals surface area contributed by atoms with Gasteiger partial charge in [0.05, 0.1) is 5.69 Å². The Labute approximate surface area is 108 Å². The average molecular weight is 250 g/mol. The van der Waals surface area contributed by atoms with Gasteiger partial charge in [0, 0.05) is 11.1 Å². The summed E-state index contributed by atoms with van der Waals surface area (Å²) >= 11 is 0. The summed E-state index contributed by atoms with van der Waals surface area (Å²) in [4.78, 5) is 12.1. The Balaban J connectivity index is 2.90. The molecule has 0 aliphatic heterocycles. The van der Waals surface area contributed by atoms with Crippen LogP contribution in [0, 0.1) is 0 Å². The lowest BCUT2D eigenvalue weighted by Crippen LogP contribution is -2.47. The number of carbonyl (C=O) groups is 1. The van der Waals surface area contributed by atoms with E-state index in [9.17, 15) is 9.90 Å². The van der Waals surface area contributed by atoms with Gasteiger partial charge in [-0.2, -0.15) is 0 Å². The molecular weight excluding hydrogens is 228 g/mol. The summed E-state index contributed by atoms with van der Waals surface area (Å²) < 4.78 is 0. The normalized spacial score (nSPS) is 11.3. The molecular formula is C14H22N2O2. The molecule has 1 rings (SSSR count). The maximum absolute atomic E-state index is 12.1. The van der Waals surface area contributed by atoms with E-state index in [0.717, 1.165) is 19.3 Å². The Morgan fingerprint density at radius 3 is 2.28 bits per heavy atom. The highest BCUT2D eigenvalue weighted by molar-refractivity contribution is 5.95. The monoisotopic (exact) mass is 250 g/mol. The zero-order chi connectivity index (χ0) is 13.8. The van der Waals surface area contributed by atoms with Gasteiger partial charge < -0.3 is 16.2 Å². The third-order valence-electron chi connectivity index (χ3n) is 3.70. The summed E-state index contributed by atoms with van der Waals surface area (Å²) in [7, 11) is 0. The number of phenolic OH excluding ortho intramolecular Hbond substituents is 1. The second-order valence-electron chi connectivity index (χ2n) is 4.57. The van der Waals surface area contributed by atoms with E-state index in [1.54, 1.807) is 6.07 Å². The van der Waals surface area contributed by atoms with Gasteiger partial charge in [-0.3, -0.25) is 4.79 Å². The maximum Gasteiger partial charge on any atom is 0.251 e. The number of amides is 1. The van der Waals surface area contributed by atoms with Crippen molar-refractivity contribution in [1.29, 1.82) is 0 Å². The molecule has 4 N–H and O–H groups in total. The molecule has 0 aliphatic carbocycles. The third kappa shape index (κ3) is 2.94. The molecule has 0 aromatic heterocycles. The fraction of sp³-hybridized carbons (Fsp3) is 0.500. The number of nitrogens with two attached hydrogens (primary N) is 1. The second kappa shape index (κ2) is 5.76. The third-order valence-corrected chi connectivity index (χ3v) is 3.70. The lowest BCUT2D eigenvalue weighted by atomic mass is 9.89. The fourth-order valence-corrected chi connectivity index (χ4v) is 2.01. The van der Waals surface area contributed by atoms with Gasteiger partial charge in [0.15, 0.2) is 0 Å². The first-order valence-electron chi connectivity index (χ1n) is 6.39. The van der Waals surface area contributed by atoms with Crippen molar-refractivity contribution >= 4 is 11.6 Å². The summed E-state index contributed by atoms with van der Waals surface area (Å²) in [5.74, 6) is -0.228. The quantitative estimate of drug-likeness (QED) is 0.555. The van der Waals surface area contributed by atoms with Crippen LogP contribution in [0.1, 0.15) is 50.4 Å². The number of aromatic hydroxyl groups is 1. The van der Waals surface area contributed by atoms with Crippen LogP contribution in [0.2, 0.25) is 0 Å². The Morgan fingerprint density at radius 1 is 1.28 bits per heavy atom. The van der Waals surface area contributed by atoms with Crippen LogP contribution in [0.15, 0.2) is 18.2 Å². The predicted octanol–water partition coefficient (Wildman–Crippen LogP) is 2.67. The first-order chi connectivity index (χ1) is 8.48. The molecule has 18 heavy (non-hydrogen) atoms. The molecule has 1 amide bonds. The number of phenols is 1. The van der Waals surface area contributed by atoms with Gasteiger partial charge in [0.1, 0.15) is 5.75 Å². The van der Waals surface area contributed by atoms with Crippen LogP contribution >= 0.6 is 0 Å². The standard InChI is InChI=1S/C14H22N2O2/c1-4-14(5-2,6-3)16-13(18)10-7-8-11(15)12(17)9-10/h7-9,17H,4-6,15H2,1-3H3,(H,16,18). The summed E-state index contributed by atoms with van der Waals surface area (Å²) in [6.07, 6.45) is 2.64. The molecule has 0 unspecified atom stereocenters. The zero-order valence-corrected chi connectivity index (χ0v) is 11.3. The van der Waals surface area contributed by atoms with Crippen molar-refractivity contribution in [1.82, 2.24) is 5.32 Å². The van der Waals surface area contributed by atoms with E-state index in [4.69, 9.17) is 5.73 Å². The molecule has 0 aliphatic rings. The van der Waals surface area contributed by atoms with Crippen molar-refractivity contribution in [3.05, 3.63) is 23.8 Å². The smallest absolute Gasteiger partial charge is 0.251 e. The highest BCUT2D eigenvalue weighted by atomic mass is 16.3. The molecule has 4 nitrogen and oxygen atoms in total. The van der Waals surface area contributed by atoms with Crippen LogP contribution in [0.4, 0.5) is 5.69 Å².